The van der Waals surface area contributed by atoms with Crippen LogP contribution in [0.15, 0.2) is 4.99 Å². The minimum absolute atomic E-state index is 0.110. The third-order valence-corrected chi connectivity index (χ3v) is 6.12. The number of aliphatic imine (C=N–C) groups is 1. The number of ether oxygens (including phenoxy) is 2. The number of primary amides is 1. The molecule has 0 aromatic carbocycles. The van der Waals surface area contributed by atoms with Crippen LogP contribution < -0.4 is 33.6 Å². The number of aliphatic hydroxyl groups is 3. The zero-order chi connectivity index (χ0) is 27.0. The normalized spacial score (nSPS) is 32.9. The van der Waals surface area contributed by atoms with E-state index in [1.807, 2.05) is 0 Å². The molecule has 2 fully saturated rings. The number of carbonyl (C=O) groups excluding carboxylic acids is 2. The van der Waals surface area contributed by atoms with Gasteiger partial charge in [0.15, 0.2) is 12.3 Å². The van der Waals surface area contributed by atoms with Crippen molar-refractivity contribution in [2.24, 2.45) is 33.8 Å². The van der Waals surface area contributed by atoms with Crippen LogP contribution in [0.5, 0.6) is 0 Å². The number of amides is 2. The minimum atomic E-state index is -1.61. The monoisotopic (exact) mass is 519 g/mol. The summed E-state index contributed by atoms with van der Waals surface area (Å²) >= 11 is 0. The van der Waals surface area contributed by atoms with Gasteiger partial charge in [-0.2, -0.15) is 0 Å². The largest absolute Gasteiger partial charge is 0.481 e. The van der Waals surface area contributed by atoms with Crippen LogP contribution in [-0.2, 0) is 19.1 Å². The zero-order valence-electron chi connectivity index (χ0n) is 19.7. The average molecular weight is 520 g/mol. The number of carbonyl (C=O) groups is 3. The van der Waals surface area contributed by atoms with Crippen molar-refractivity contribution < 1.29 is 44.3 Å². The Labute approximate surface area is 207 Å². The van der Waals surface area contributed by atoms with Crippen LogP contribution in [0, 0.1) is 5.92 Å². The van der Waals surface area contributed by atoms with Crippen LogP contribution in [0.1, 0.15) is 25.7 Å². The van der Waals surface area contributed by atoms with Gasteiger partial charge in [-0.15, -0.1) is 0 Å². The lowest BCUT2D eigenvalue weighted by Crippen LogP contribution is -2.65. The average Bonchev–Trinajstić information content (AvgIpc) is 3.25. The highest BCUT2D eigenvalue weighted by Crippen LogP contribution is 2.27. The van der Waals surface area contributed by atoms with Crippen molar-refractivity contribution in [2.75, 3.05) is 19.7 Å². The number of nitrogens with zero attached hydrogens (tertiary/aromatic N) is 1. The van der Waals surface area contributed by atoms with Gasteiger partial charge in [0.05, 0.1) is 24.7 Å². The van der Waals surface area contributed by atoms with E-state index >= 15 is 0 Å². The van der Waals surface area contributed by atoms with E-state index in [0.29, 0.717) is 19.4 Å². The lowest BCUT2D eigenvalue weighted by molar-refractivity contribution is -0.192. The van der Waals surface area contributed by atoms with Gasteiger partial charge >= 0.3 is 12.1 Å². The number of hydrogen-bond acceptors (Lipinski definition) is 12. The van der Waals surface area contributed by atoms with Crippen LogP contribution in [0.4, 0.5) is 4.79 Å². The minimum Gasteiger partial charge on any atom is -0.481 e. The predicted octanol–water partition coefficient (Wildman–Crippen LogP) is -4.75. The fourth-order valence-electron chi connectivity index (χ4n) is 4.28. The van der Waals surface area contributed by atoms with E-state index in [4.69, 9.17) is 32.4 Å². The third kappa shape index (κ3) is 7.70. The maximum Gasteiger partial charge on any atom is 0.404 e. The molecule has 2 aliphatic heterocycles. The number of aliphatic hydroxyl groups excluding tert-OH is 3. The molecule has 36 heavy (non-hydrogen) atoms. The highest BCUT2D eigenvalue weighted by atomic mass is 16.6. The summed E-state index contributed by atoms with van der Waals surface area (Å²) in [7, 11) is 0. The van der Waals surface area contributed by atoms with E-state index in [1.165, 1.54) is 0 Å². The topological polar surface area (TPSA) is 291 Å². The van der Waals surface area contributed by atoms with Crippen molar-refractivity contribution in [1.29, 1.82) is 0 Å². The number of amidine groups is 1. The molecule has 16 nitrogen and oxygen atoms in total. The quantitative estimate of drug-likeness (QED) is 0.116. The molecule has 14 N–H and O–H groups in total. The summed E-state index contributed by atoms with van der Waals surface area (Å²) in [6.45, 7) is -0.487. The van der Waals surface area contributed by atoms with Gasteiger partial charge in [-0.25, -0.2) is 9.79 Å². The second-order valence-corrected chi connectivity index (χ2v) is 8.83. The molecule has 2 saturated heterocycles. The first-order valence-corrected chi connectivity index (χ1v) is 11.6. The first-order chi connectivity index (χ1) is 17.0. The summed E-state index contributed by atoms with van der Waals surface area (Å²) in [6, 6.07) is -2.73. The first-order valence-electron chi connectivity index (χ1n) is 11.6. The summed E-state index contributed by atoms with van der Waals surface area (Å²) in [5.74, 6) is -2.68. The molecular weight excluding hydrogens is 482 g/mol. The molecule has 0 aliphatic carbocycles. The second-order valence-electron chi connectivity index (χ2n) is 8.83. The van der Waals surface area contributed by atoms with E-state index in [0.717, 1.165) is 0 Å². The molecule has 0 radical (unpaired) electrons. The van der Waals surface area contributed by atoms with Gasteiger partial charge in [-0.05, 0) is 19.4 Å². The van der Waals surface area contributed by atoms with Crippen molar-refractivity contribution in [3.8, 4) is 0 Å². The van der Waals surface area contributed by atoms with E-state index in [2.05, 4.69) is 15.6 Å². The highest BCUT2D eigenvalue weighted by Gasteiger charge is 2.49. The Kier molecular flexibility index (Phi) is 11.2. The third-order valence-electron chi connectivity index (χ3n) is 6.12. The Morgan fingerprint density at radius 2 is 2.00 bits per heavy atom. The number of hydrogen-bond donors (Lipinski definition) is 10. The van der Waals surface area contributed by atoms with Crippen molar-refractivity contribution in [3.05, 3.63) is 0 Å². The van der Waals surface area contributed by atoms with Gasteiger partial charge < -0.3 is 63.5 Å². The van der Waals surface area contributed by atoms with Gasteiger partial charge in [0, 0.05) is 25.4 Å². The molecule has 2 heterocycles. The number of carboxylic acids is 1. The van der Waals surface area contributed by atoms with Gasteiger partial charge in [0.25, 0.3) is 0 Å². The summed E-state index contributed by atoms with van der Waals surface area (Å²) < 4.78 is 10.6. The van der Waals surface area contributed by atoms with Crippen molar-refractivity contribution in [2.45, 2.75) is 74.5 Å². The van der Waals surface area contributed by atoms with Crippen molar-refractivity contribution in [1.82, 2.24) is 10.6 Å². The Morgan fingerprint density at radius 3 is 2.56 bits per heavy atom. The smallest absolute Gasteiger partial charge is 0.404 e. The summed E-state index contributed by atoms with van der Waals surface area (Å²) in [5, 5.41) is 45.7. The van der Waals surface area contributed by atoms with Gasteiger partial charge in [-0.1, -0.05) is 0 Å². The molecule has 9 atom stereocenters. The molecule has 0 aromatic rings. The van der Waals surface area contributed by atoms with E-state index < -0.39 is 79.3 Å². The van der Waals surface area contributed by atoms with Crippen molar-refractivity contribution >= 4 is 23.8 Å². The number of nitrogens with two attached hydrogens (primary N) is 4. The SMILES string of the molecule is NCCCC(N)CC(=O)NC1C(N=C2CC(C(=O)O)C(C(O)CN)N2)OC(CO)C(OC(N)=O)C1O. The summed E-state index contributed by atoms with van der Waals surface area (Å²) in [4.78, 5) is 40.0. The summed E-state index contributed by atoms with van der Waals surface area (Å²) in [6.07, 6.45) is -7.18. The molecule has 0 spiro atoms. The Morgan fingerprint density at radius 1 is 1.31 bits per heavy atom. The highest BCUT2D eigenvalue weighted by molar-refractivity contribution is 5.91. The van der Waals surface area contributed by atoms with Crippen LogP contribution >= 0.6 is 0 Å². The fraction of sp³-hybridized carbons (Fsp3) is 0.800. The second kappa shape index (κ2) is 13.6. The fourth-order valence-corrected chi connectivity index (χ4v) is 4.28. The van der Waals surface area contributed by atoms with E-state index in [-0.39, 0.29) is 25.2 Å². The first kappa shape index (κ1) is 29.6. The molecule has 206 valence electrons. The Balaban J connectivity index is 2.30. The van der Waals surface area contributed by atoms with Crippen LogP contribution in [0.25, 0.3) is 0 Å². The van der Waals surface area contributed by atoms with Crippen LogP contribution in [0.3, 0.4) is 0 Å². The molecule has 2 rings (SSSR count). The molecule has 9 unspecified atom stereocenters. The Bertz CT molecular complexity index is 801. The standard InChI is InChI=1S/C20H37N7O9/c21-3-1-2-8(23)4-13(30)27-15-16(31)17(36-20(24)34)11(7-28)35-18(15)26-12-5-9(19(32)33)14(25-12)10(29)6-22/h8-11,14-18,28-29,31H,1-7,21-23H2,(H2,24,34)(H,25,26)(H,27,30)(H,32,33). The lowest BCUT2D eigenvalue weighted by Gasteiger charge is -2.42. The number of rotatable bonds is 12. The molecular formula is C20H37N7O9. The van der Waals surface area contributed by atoms with Crippen LogP contribution in [-0.4, -0.2) is 113 Å². The predicted molar refractivity (Wildman–Crippen MR) is 124 cm³/mol. The van der Waals surface area contributed by atoms with Crippen molar-refractivity contribution in [3.63, 3.8) is 0 Å². The number of nitrogens with one attached hydrogen (secondary N) is 2. The summed E-state index contributed by atoms with van der Waals surface area (Å²) in [5.41, 5.74) is 22.0. The molecule has 16 heteroatoms. The molecule has 0 aromatic heterocycles. The zero-order valence-corrected chi connectivity index (χ0v) is 19.7. The van der Waals surface area contributed by atoms with E-state index in [1.54, 1.807) is 0 Å². The van der Waals surface area contributed by atoms with E-state index in [9.17, 15) is 34.8 Å². The molecule has 2 aliphatic rings. The maximum absolute atomic E-state index is 12.7. The lowest BCUT2D eigenvalue weighted by atomic mass is 9.95. The maximum atomic E-state index is 12.7. The Hall–Kier alpha value is -2.60. The van der Waals surface area contributed by atoms with Gasteiger partial charge in [0.2, 0.25) is 5.91 Å². The molecule has 2 amide bonds. The van der Waals surface area contributed by atoms with Gasteiger partial charge in [-0.3, -0.25) is 9.59 Å². The van der Waals surface area contributed by atoms with Crippen LogP contribution in [0.2, 0.25) is 0 Å². The number of carboxylic acid groups (broad SMARTS) is 1. The number of aliphatic carboxylic acids is 1. The molecule has 0 bridgehead atoms. The van der Waals surface area contributed by atoms with Gasteiger partial charge in [0.1, 0.15) is 24.1 Å². The molecule has 0 saturated carbocycles.